The zero-order chi connectivity index (χ0) is 14.3. The molecule has 106 valence electrons. The molecule has 0 amide bonds. The van der Waals surface area contributed by atoms with Gasteiger partial charge in [-0.05, 0) is 50.8 Å². The average molecular weight is 269 g/mol. The molecule has 2 N–H and O–H groups in total. The van der Waals surface area contributed by atoms with Gasteiger partial charge in [-0.25, -0.2) is 4.98 Å². The summed E-state index contributed by atoms with van der Waals surface area (Å²) in [6, 6.07) is 4.56. The lowest BCUT2D eigenvalue weighted by Gasteiger charge is -2.35. The molecule has 1 aliphatic heterocycles. The van der Waals surface area contributed by atoms with E-state index in [9.17, 15) is 0 Å². The van der Waals surface area contributed by atoms with E-state index in [4.69, 9.17) is 0 Å². The molecule has 0 aliphatic carbocycles. The van der Waals surface area contributed by atoms with Gasteiger partial charge in [-0.2, -0.15) is 0 Å². The second kappa shape index (κ2) is 4.74. The molecule has 3 nitrogen and oxygen atoms in total. The largest absolute Gasteiger partial charge is 0.348 e. The van der Waals surface area contributed by atoms with Gasteiger partial charge in [0.15, 0.2) is 0 Å². The Bertz CT molecular complexity index is 618. The lowest BCUT2D eigenvalue weighted by molar-refractivity contribution is 0.334. The average Bonchev–Trinajstić information content (AvgIpc) is 2.84. The monoisotopic (exact) mass is 269 g/mol. The van der Waals surface area contributed by atoms with Crippen LogP contribution < -0.4 is 5.32 Å². The summed E-state index contributed by atoms with van der Waals surface area (Å²) in [6.07, 6.45) is 3.85. The van der Waals surface area contributed by atoms with Gasteiger partial charge >= 0.3 is 0 Å². The van der Waals surface area contributed by atoms with Crippen molar-refractivity contribution in [3.63, 3.8) is 0 Å². The number of aryl methyl sites for hydroxylation is 3. The van der Waals surface area contributed by atoms with E-state index < -0.39 is 0 Å². The number of hydrogen-bond acceptors (Lipinski definition) is 2. The maximum atomic E-state index is 4.56. The molecule has 0 spiro atoms. The normalized spacial score (nSPS) is 21.8. The molecule has 0 bridgehead atoms. The van der Waals surface area contributed by atoms with Crippen molar-refractivity contribution in [3.05, 3.63) is 52.1 Å². The first-order valence-corrected chi connectivity index (χ1v) is 7.34. The molecule has 1 aliphatic rings. The second-order valence-corrected chi connectivity index (χ2v) is 6.29. The molecule has 1 atom stereocenters. The van der Waals surface area contributed by atoms with Crippen LogP contribution in [-0.4, -0.2) is 16.5 Å². The van der Waals surface area contributed by atoms with Crippen LogP contribution in [0.5, 0.6) is 0 Å². The minimum absolute atomic E-state index is 0.0711. The van der Waals surface area contributed by atoms with Crippen LogP contribution in [0.1, 0.15) is 40.6 Å². The van der Waals surface area contributed by atoms with Crippen molar-refractivity contribution in [2.75, 3.05) is 6.54 Å². The van der Waals surface area contributed by atoms with Gasteiger partial charge in [0.05, 0.1) is 17.6 Å². The summed E-state index contributed by atoms with van der Waals surface area (Å²) in [5, 5.41) is 3.67. The highest BCUT2D eigenvalue weighted by Crippen LogP contribution is 2.31. The van der Waals surface area contributed by atoms with Crippen LogP contribution in [0, 0.1) is 20.8 Å². The van der Waals surface area contributed by atoms with Crippen molar-refractivity contribution in [3.8, 4) is 0 Å². The number of nitrogens with one attached hydrogen (secondary N) is 2. The molecule has 1 aromatic carbocycles. The Morgan fingerprint density at radius 3 is 2.60 bits per heavy atom. The molecule has 1 unspecified atom stereocenters. The van der Waals surface area contributed by atoms with Gasteiger partial charge < -0.3 is 10.3 Å². The van der Waals surface area contributed by atoms with E-state index in [1.807, 2.05) is 6.33 Å². The van der Waals surface area contributed by atoms with Crippen LogP contribution in [-0.2, 0) is 18.4 Å². The number of benzene rings is 1. The van der Waals surface area contributed by atoms with E-state index in [0.29, 0.717) is 0 Å². The number of aromatic nitrogens is 2. The zero-order valence-corrected chi connectivity index (χ0v) is 12.8. The number of aromatic amines is 1. The van der Waals surface area contributed by atoms with Crippen molar-refractivity contribution in [2.45, 2.75) is 46.1 Å². The quantitative estimate of drug-likeness (QED) is 0.880. The van der Waals surface area contributed by atoms with Gasteiger partial charge in [0, 0.05) is 18.7 Å². The Morgan fingerprint density at radius 1 is 1.20 bits per heavy atom. The minimum Gasteiger partial charge on any atom is -0.348 e. The standard InChI is InChI=1S/C17H23N3/c1-11-7-12(2)14(13(3)8-11)9-17(4)16-15(5-6-20-17)18-10-19-16/h7-8,10,20H,5-6,9H2,1-4H3,(H,18,19). The molecule has 3 heteroatoms. The predicted molar refractivity (Wildman–Crippen MR) is 82.0 cm³/mol. The molecule has 2 aromatic rings. The van der Waals surface area contributed by atoms with Gasteiger partial charge in [-0.3, -0.25) is 0 Å². The van der Waals surface area contributed by atoms with Gasteiger partial charge in [0.2, 0.25) is 0 Å². The molecular formula is C17H23N3. The Morgan fingerprint density at radius 2 is 1.90 bits per heavy atom. The molecule has 3 rings (SSSR count). The van der Waals surface area contributed by atoms with E-state index in [1.54, 1.807) is 0 Å². The summed E-state index contributed by atoms with van der Waals surface area (Å²) < 4.78 is 0. The Hall–Kier alpha value is -1.61. The number of H-pyrrole nitrogens is 1. The van der Waals surface area contributed by atoms with Crippen molar-refractivity contribution >= 4 is 0 Å². The summed E-state index contributed by atoms with van der Waals surface area (Å²) >= 11 is 0. The SMILES string of the molecule is Cc1cc(C)c(CC2(C)NCCc3[nH]cnc32)c(C)c1. The summed E-state index contributed by atoms with van der Waals surface area (Å²) in [4.78, 5) is 7.85. The fraction of sp³-hybridized carbons (Fsp3) is 0.471. The van der Waals surface area contributed by atoms with E-state index in [0.717, 1.165) is 19.4 Å². The lowest BCUT2D eigenvalue weighted by atomic mass is 9.82. The van der Waals surface area contributed by atoms with Crippen molar-refractivity contribution in [2.24, 2.45) is 0 Å². The Kier molecular flexibility index (Phi) is 3.17. The van der Waals surface area contributed by atoms with E-state index in [1.165, 1.54) is 33.6 Å². The van der Waals surface area contributed by atoms with Crippen LogP contribution >= 0.6 is 0 Å². The minimum atomic E-state index is -0.0711. The molecule has 2 heterocycles. The van der Waals surface area contributed by atoms with E-state index in [-0.39, 0.29) is 5.54 Å². The molecule has 0 radical (unpaired) electrons. The highest BCUT2D eigenvalue weighted by molar-refractivity contribution is 5.40. The topological polar surface area (TPSA) is 40.7 Å². The summed E-state index contributed by atoms with van der Waals surface area (Å²) in [7, 11) is 0. The molecule has 1 aromatic heterocycles. The third kappa shape index (κ3) is 2.16. The van der Waals surface area contributed by atoms with Crippen LogP contribution in [0.25, 0.3) is 0 Å². The molecule has 20 heavy (non-hydrogen) atoms. The number of imidazole rings is 1. The first-order valence-electron chi connectivity index (χ1n) is 7.34. The number of hydrogen-bond donors (Lipinski definition) is 2. The second-order valence-electron chi connectivity index (χ2n) is 6.29. The fourth-order valence-corrected chi connectivity index (χ4v) is 3.52. The number of fused-ring (bicyclic) bond motifs is 1. The number of rotatable bonds is 2. The molecule has 0 saturated heterocycles. The van der Waals surface area contributed by atoms with Gasteiger partial charge in [0.25, 0.3) is 0 Å². The smallest absolute Gasteiger partial charge is 0.0926 e. The van der Waals surface area contributed by atoms with Crippen LogP contribution in [0.2, 0.25) is 0 Å². The predicted octanol–water partition coefficient (Wildman–Crippen LogP) is 2.94. The Balaban J connectivity index is 2.00. The molecular weight excluding hydrogens is 246 g/mol. The van der Waals surface area contributed by atoms with E-state index in [2.05, 4.69) is 55.1 Å². The van der Waals surface area contributed by atoms with Crippen molar-refractivity contribution < 1.29 is 0 Å². The highest BCUT2D eigenvalue weighted by atomic mass is 15.1. The van der Waals surface area contributed by atoms with Crippen molar-refractivity contribution in [1.29, 1.82) is 0 Å². The molecule has 0 fully saturated rings. The molecule has 0 saturated carbocycles. The maximum absolute atomic E-state index is 4.56. The van der Waals surface area contributed by atoms with Gasteiger partial charge in [-0.1, -0.05) is 17.7 Å². The fourth-order valence-electron chi connectivity index (χ4n) is 3.52. The first-order chi connectivity index (χ1) is 9.49. The summed E-state index contributed by atoms with van der Waals surface area (Å²) in [5.41, 5.74) is 7.95. The van der Waals surface area contributed by atoms with Crippen LogP contribution in [0.3, 0.4) is 0 Å². The zero-order valence-electron chi connectivity index (χ0n) is 12.8. The first kappa shape index (κ1) is 13.4. The lowest BCUT2D eigenvalue weighted by Crippen LogP contribution is -2.47. The van der Waals surface area contributed by atoms with Gasteiger partial charge in [-0.15, -0.1) is 0 Å². The van der Waals surface area contributed by atoms with E-state index >= 15 is 0 Å². The third-order valence-corrected chi connectivity index (χ3v) is 4.50. The third-order valence-electron chi connectivity index (χ3n) is 4.50. The highest BCUT2D eigenvalue weighted by Gasteiger charge is 2.34. The number of nitrogens with zero attached hydrogens (tertiary/aromatic N) is 1. The Labute approximate surface area is 120 Å². The van der Waals surface area contributed by atoms with Gasteiger partial charge in [0.1, 0.15) is 0 Å². The van der Waals surface area contributed by atoms with Crippen LogP contribution in [0.15, 0.2) is 18.5 Å². The summed E-state index contributed by atoms with van der Waals surface area (Å²) in [5.74, 6) is 0. The summed E-state index contributed by atoms with van der Waals surface area (Å²) in [6.45, 7) is 9.87. The van der Waals surface area contributed by atoms with Crippen LogP contribution in [0.4, 0.5) is 0 Å². The van der Waals surface area contributed by atoms with Crippen molar-refractivity contribution in [1.82, 2.24) is 15.3 Å². The maximum Gasteiger partial charge on any atom is 0.0926 e.